The molecule has 1 aromatic carbocycles. The SMILES string of the molecule is Cc1cccc(NC(=O)CSc2nnc(C)n2CC2CCCO2)c1. The van der Waals surface area contributed by atoms with Crippen molar-refractivity contribution in [3.05, 3.63) is 35.7 Å². The summed E-state index contributed by atoms with van der Waals surface area (Å²) in [5, 5.41) is 12.0. The highest BCUT2D eigenvalue weighted by Crippen LogP contribution is 2.21. The van der Waals surface area contributed by atoms with Crippen molar-refractivity contribution in [2.75, 3.05) is 17.7 Å². The Morgan fingerprint density at radius 1 is 1.42 bits per heavy atom. The van der Waals surface area contributed by atoms with Gasteiger partial charge in [-0.1, -0.05) is 23.9 Å². The van der Waals surface area contributed by atoms with Gasteiger partial charge in [0.15, 0.2) is 5.16 Å². The molecule has 0 bridgehead atoms. The highest BCUT2D eigenvalue weighted by Gasteiger charge is 2.20. The number of ether oxygens (including phenoxy) is 1. The molecule has 1 unspecified atom stereocenters. The predicted octanol–water partition coefficient (Wildman–Crippen LogP) is 2.80. The van der Waals surface area contributed by atoms with E-state index in [-0.39, 0.29) is 12.0 Å². The number of hydrogen-bond donors (Lipinski definition) is 1. The molecule has 1 aliphatic heterocycles. The van der Waals surface area contributed by atoms with Crippen molar-refractivity contribution in [2.24, 2.45) is 0 Å². The number of aromatic nitrogens is 3. The highest BCUT2D eigenvalue weighted by molar-refractivity contribution is 7.99. The third kappa shape index (κ3) is 4.36. The van der Waals surface area contributed by atoms with Crippen LogP contribution < -0.4 is 5.32 Å². The van der Waals surface area contributed by atoms with Crippen molar-refractivity contribution in [2.45, 2.75) is 44.5 Å². The minimum Gasteiger partial charge on any atom is -0.376 e. The van der Waals surface area contributed by atoms with Gasteiger partial charge in [0.05, 0.1) is 18.4 Å². The van der Waals surface area contributed by atoms with Gasteiger partial charge in [-0.25, -0.2) is 0 Å². The van der Waals surface area contributed by atoms with Gasteiger partial charge in [0, 0.05) is 12.3 Å². The molecule has 1 N–H and O–H groups in total. The number of amides is 1. The van der Waals surface area contributed by atoms with Gasteiger partial charge >= 0.3 is 0 Å². The van der Waals surface area contributed by atoms with Crippen LogP contribution in [0.15, 0.2) is 29.4 Å². The summed E-state index contributed by atoms with van der Waals surface area (Å²) in [6.45, 7) is 5.51. The number of benzene rings is 1. The van der Waals surface area contributed by atoms with E-state index in [4.69, 9.17) is 4.74 Å². The lowest BCUT2D eigenvalue weighted by molar-refractivity contribution is -0.113. The third-order valence-electron chi connectivity index (χ3n) is 3.95. The molecule has 24 heavy (non-hydrogen) atoms. The number of carbonyl (C=O) groups excluding carboxylic acids is 1. The first-order valence-electron chi connectivity index (χ1n) is 8.12. The Morgan fingerprint density at radius 3 is 3.04 bits per heavy atom. The first-order chi connectivity index (χ1) is 11.6. The summed E-state index contributed by atoms with van der Waals surface area (Å²) in [5.74, 6) is 1.11. The molecule has 1 aliphatic rings. The van der Waals surface area contributed by atoms with E-state index >= 15 is 0 Å². The van der Waals surface area contributed by atoms with Crippen LogP contribution in [-0.2, 0) is 16.1 Å². The first-order valence-corrected chi connectivity index (χ1v) is 9.11. The molecule has 2 aromatic rings. The molecule has 7 heteroatoms. The van der Waals surface area contributed by atoms with Crippen LogP contribution in [0, 0.1) is 13.8 Å². The van der Waals surface area contributed by atoms with E-state index in [0.29, 0.717) is 5.75 Å². The molecule has 6 nitrogen and oxygen atoms in total. The van der Waals surface area contributed by atoms with Gasteiger partial charge in [0.1, 0.15) is 5.82 Å². The quantitative estimate of drug-likeness (QED) is 0.815. The summed E-state index contributed by atoms with van der Waals surface area (Å²) in [6, 6.07) is 7.77. The first kappa shape index (κ1) is 17.0. The lowest BCUT2D eigenvalue weighted by Gasteiger charge is -2.13. The van der Waals surface area contributed by atoms with Crippen LogP contribution in [0.1, 0.15) is 24.2 Å². The van der Waals surface area contributed by atoms with Gasteiger partial charge in [-0.15, -0.1) is 10.2 Å². The van der Waals surface area contributed by atoms with E-state index in [1.165, 1.54) is 11.8 Å². The van der Waals surface area contributed by atoms with Crippen LogP contribution in [0.4, 0.5) is 5.69 Å². The van der Waals surface area contributed by atoms with Gasteiger partial charge in [-0.3, -0.25) is 4.79 Å². The molecule has 3 rings (SSSR count). The normalized spacial score (nSPS) is 17.2. The Morgan fingerprint density at radius 2 is 2.29 bits per heavy atom. The Hall–Kier alpha value is -1.86. The maximum absolute atomic E-state index is 12.1. The number of thioether (sulfide) groups is 1. The minimum absolute atomic E-state index is 0.0464. The van der Waals surface area contributed by atoms with E-state index in [1.54, 1.807) is 0 Å². The topological polar surface area (TPSA) is 69.0 Å². The molecular formula is C17H22N4O2S. The van der Waals surface area contributed by atoms with Crippen LogP contribution in [0.5, 0.6) is 0 Å². The summed E-state index contributed by atoms with van der Waals surface area (Å²) >= 11 is 1.40. The van der Waals surface area contributed by atoms with Gasteiger partial charge in [0.25, 0.3) is 0 Å². The minimum atomic E-state index is -0.0464. The molecule has 1 saturated heterocycles. The number of nitrogens with one attached hydrogen (secondary N) is 1. The number of anilines is 1. The van der Waals surface area contributed by atoms with Crippen LogP contribution >= 0.6 is 11.8 Å². The van der Waals surface area contributed by atoms with E-state index < -0.39 is 0 Å². The molecular weight excluding hydrogens is 324 g/mol. The van der Waals surface area contributed by atoms with Crippen LogP contribution in [0.25, 0.3) is 0 Å². The lowest BCUT2D eigenvalue weighted by atomic mass is 10.2. The number of hydrogen-bond acceptors (Lipinski definition) is 5. The molecule has 128 valence electrons. The van der Waals surface area contributed by atoms with Gasteiger partial charge in [-0.05, 0) is 44.4 Å². The van der Waals surface area contributed by atoms with Gasteiger partial charge in [-0.2, -0.15) is 0 Å². The van der Waals surface area contributed by atoms with Crippen molar-refractivity contribution in [3.63, 3.8) is 0 Å². The molecule has 0 aliphatic carbocycles. The average Bonchev–Trinajstić information content (AvgIpc) is 3.17. The second-order valence-corrected chi connectivity index (χ2v) is 6.92. The maximum Gasteiger partial charge on any atom is 0.234 e. The largest absolute Gasteiger partial charge is 0.376 e. The average molecular weight is 346 g/mol. The van der Waals surface area contributed by atoms with Crippen molar-refractivity contribution in [1.29, 1.82) is 0 Å². The fraction of sp³-hybridized carbons (Fsp3) is 0.471. The Labute approximate surface area is 146 Å². The number of carbonyl (C=O) groups is 1. The van der Waals surface area contributed by atoms with E-state index in [1.807, 2.05) is 42.7 Å². The fourth-order valence-corrected chi connectivity index (χ4v) is 3.51. The second kappa shape index (κ2) is 7.81. The molecule has 1 aromatic heterocycles. The Kier molecular flexibility index (Phi) is 5.52. The number of nitrogens with zero attached hydrogens (tertiary/aromatic N) is 3. The zero-order valence-electron chi connectivity index (χ0n) is 14.0. The van der Waals surface area contributed by atoms with Crippen molar-refractivity contribution in [3.8, 4) is 0 Å². The van der Waals surface area contributed by atoms with Crippen molar-refractivity contribution in [1.82, 2.24) is 14.8 Å². The molecule has 0 radical (unpaired) electrons. The van der Waals surface area contributed by atoms with E-state index in [2.05, 4.69) is 15.5 Å². The zero-order valence-corrected chi connectivity index (χ0v) is 14.8. The maximum atomic E-state index is 12.1. The highest BCUT2D eigenvalue weighted by atomic mass is 32.2. The standard InChI is InChI=1S/C17H22N4O2S/c1-12-5-3-6-14(9-12)18-16(22)11-24-17-20-19-13(2)21(17)10-15-7-4-8-23-15/h3,5-6,9,15H,4,7-8,10-11H2,1-2H3,(H,18,22). The van der Waals surface area contributed by atoms with Crippen molar-refractivity contribution < 1.29 is 9.53 Å². The molecule has 1 amide bonds. The molecule has 2 heterocycles. The summed E-state index contributed by atoms with van der Waals surface area (Å²) in [6.07, 6.45) is 2.39. The number of aryl methyl sites for hydroxylation is 2. The molecule has 1 atom stereocenters. The summed E-state index contributed by atoms with van der Waals surface area (Å²) < 4.78 is 7.73. The van der Waals surface area contributed by atoms with Crippen LogP contribution in [0.3, 0.4) is 0 Å². The molecule has 1 fully saturated rings. The van der Waals surface area contributed by atoms with Crippen LogP contribution in [-0.4, -0.2) is 39.1 Å². The van der Waals surface area contributed by atoms with E-state index in [0.717, 1.165) is 48.2 Å². The third-order valence-corrected chi connectivity index (χ3v) is 4.91. The Bertz CT molecular complexity index is 710. The van der Waals surface area contributed by atoms with Crippen LogP contribution in [0.2, 0.25) is 0 Å². The predicted molar refractivity (Wildman–Crippen MR) is 94.3 cm³/mol. The smallest absolute Gasteiger partial charge is 0.234 e. The fourth-order valence-electron chi connectivity index (χ4n) is 2.72. The summed E-state index contributed by atoms with van der Waals surface area (Å²) in [4.78, 5) is 12.1. The summed E-state index contributed by atoms with van der Waals surface area (Å²) in [5.41, 5.74) is 1.94. The van der Waals surface area contributed by atoms with Crippen molar-refractivity contribution >= 4 is 23.4 Å². The molecule has 0 spiro atoms. The Balaban J connectivity index is 1.57. The van der Waals surface area contributed by atoms with Gasteiger partial charge < -0.3 is 14.6 Å². The zero-order chi connectivity index (χ0) is 16.9. The second-order valence-electron chi connectivity index (χ2n) is 5.98. The van der Waals surface area contributed by atoms with Gasteiger partial charge in [0.2, 0.25) is 5.91 Å². The monoisotopic (exact) mass is 346 g/mol. The van der Waals surface area contributed by atoms with E-state index in [9.17, 15) is 4.79 Å². The lowest BCUT2D eigenvalue weighted by Crippen LogP contribution is -2.18. The molecule has 0 saturated carbocycles. The number of rotatable bonds is 6. The summed E-state index contributed by atoms with van der Waals surface area (Å²) in [7, 11) is 0.